The molecule has 0 bridgehead atoms. The Balaban J connectivity index is 1.02. The van der Waals surface area contributed by atoms with Gasteiger partial charge in [0.15, 0.2) is 5.58 Å². The van der Waals surface area contributed by atoms with E-state index < -0.39 is 0 Å². The molecule has 1 aliphatic heterocycles. The molecular weight excluding hydrogens is 665 g/mol. The highest BCUT2D eigenvalue weighted by molar-refractivity contribution is 6.09. The maximum absolute atomic E-state index is 6.66. The second-order valence-corrected chi connectivity index (χ2v) is 14.9. The largest absolute Gasteiger partial charge is 0.457 e. The summed E-state index contributed by atoms with van der Waals surface area (Å²) in [6, 6.07) is 57.7. The first kappa shape index (κ1) is 31.9. The number of anilines is 4. The molecule has 0 fully saturated rings. The normalized spacial score (nSPS) is 12.9. The Labute approximate surface area is 314 Å². The Bertz CT molecular complexity index is 2810. The first-order valence-corrected chi connectivity index (χ1v) is 18.4. The Morgan fingerprint density at radius 3 is 2.13 bits per heavy atom. The van der Waals surface area contributed by atoms with E-state index >= 15 is 0 Å². The lowest BCUT2D eigenvalue weighted by Gasteiger charge is -2.27. The van der Waals surface area contributed by atoms with Crippen LogP contribution < -0.4 is 14.5 Å². The molecule has 1 aliphatic rings. The molecule has 0 aliphatic carbocycles. The fourth-order valence-corrected chi connectivity index (χ4v) is 7.75. The summed E-state index contributed by atoms with van der Waals surface area (Å²) in [5.74, 6) is 1.49. The summed E-state index contributed by atoms with van der Waals surface area (Å²) in [5, 5.41) is 2.23. The molecular formula is C48H38N4O2. The minimum Gasteiger partial charge on any atom is -0.457 e. The summed E-state index contributed by atoms with van der Waals surface area (Å²) in [7, 11) is 0. The van der Waals surface area contributed by atoms with Gasteiger partial charge in [0.2, 0.25) is 0 Å². The molecule has 0 saturated heterocycles. The van der Waals surface area contributed by atoms with E-state index in [0.717, 1.165) is 55.8 Å². The monoisotopic (exact) mass is 702 g/mol. The van der Waals surface area contributed by atoms with Gasteiger partial charge in [0.1, 0.15) is 23.7 Å². The third kappa shape index (κ3) is 5.38. The predicted molar refractivity (Wildman–Crippen MR) is 221 cm³/mol. The van der Waals surface area contributed by atoms with Gasteiger partial charge >= 0.3 is 6.01 Å². The molecule has 3 heterocycles. The van der Waals surface area contributed by atoms with E-state index in [4.69, 9.17) is 14.1 Å². The number of ether oxygens (including phenoxy) is 1. The van der Waals surface area contributed by atoms with E-state index in [1.54, 1.807) is 0 Å². The summed E-state index contributed by atoms with van der Waals surface area (Å²) in [6.45, 7) is 7.48. The van der Waals surface area contributed by atoms with Crippen molar-refractivity contribution in [2.45, 2.75) is 26.2 Å². The molecule has 0 saturated carbocycles. The van der Waals surface area contributed by atoms with Crippen molar-refractivity contribution in [1.82, 2.24) is 9.55 Å². The molecule has 6 nitrogen and oxygen atoms in total. The van der Waals surface area contributed by atoms with Crippen molar-refractivity contribution in [3.05, 3.63) is 169 Å². The average molecular weight is 703 g/mol. The van der Waals surface area contributed by atoms with E-state index in [1.807, 2.05) is 42.5 Å². The Morgan fingerprint density at radius 1 is 0.574 bits per heavy atom. The molecule has 10 rings (SSSR count). The fraction of sp³-hybridized carbons (Fsp3) is 0.104. The average Bonchev–Trinajstić information content (AvgIpc) is 3.89. The van der Waals surface area contributed by atoms with Gasteiger partial charge in [-0.25, -0.2) is 0 Å². The fourth-order valence-electron chi connectivity index (χ4n) is 7.75. The Kier molecular flexibility index (Phi) is 7.34. The molecule has 6 heteroatoms. The van der Waals surface area contributed by atoms with Gasteiger partial charge in [-0.15, -0.1) is 0 Å². The Hall–Kier alpha value is -6.79. The zero-order valence-corrected chi connectivity index (χ0v) is 30.4. The highest BCUT2D eigenvalue weighted by Crippen LogP contribution is 2.48. The van der Waals surface area contributed by atoms with Crippen LogP contribution in [0.3, 0.4) is 0 Å². The molecule has 0 unspecified atom stereocenters. The van der Waals surface area contributed by atoms with Gasteiger partial charge in [-0.05, 0) is 77.2 Å². The summed E-state index contributed by atoms with van der Waals surface area (Å²) in [4.78, 5) is 9.67. The number of rotatable bonds is 6. The second-order valence-electron chi connectivity index (χ2n) is 14.9. The molecule has 0 atom stereocenters. The van der Waals surface area contributed by atoms with E-state index in [2.05, 4.69) is 156 Å². The van der Waals surface area contributed by atoms with Crippen LogP contribution in [0.25, 0.3) is 50.0 Å². The van der Waals surface area contributed by atoms with Crippen LogP contribution in [0.5, 0.6) is 11.5 Å². The topological polar surface area (TPSA) is 46.7 Å². The van der Waals surface area contributed by atoms with Crippen LogP contribution in [0, 0.1) is 0 Å². The SMILES string of the molecule is CC(C)(C)c1ccc(-c2ccccc2)c(N2CN(c3cccc(Oc4ccc5c6ccccc6n(-c6nc7ccccc7o6)c5c4)c3)c3ccccc32)c1. The van der Waals surface area contributed by atoms with Crippen LogP contribution in [0.4, 0.5) is 22.7 Å². The summed E-state index contributed by atoms with van der Waals surface area (Å²) < 4.78 is 15.0. The standard InChI is InChI=1S/C48H38N4O2/c1-48(2,3)33-24-26-37(32-14-5-4-6-15-32)44(28-33)51-31-50(42-21-10-11-22-43(42)51)34-16-13-17-35(29-34)53-36-25-27-39-38-18-7-9-20-41(38)52(45(39)30-36)47-49-40-19-8-12-23-46(40)54-47/h4-30H,31H2,1-3H3. The second kappa shape index (κ2) is 12.4. The number of benzene rings is 7. The van der Waals surface area contributed by atoms with Crippen molar-refractivity contribution in [2.75, 3.05) is 16.5 Å². The number of fused-ring (bicyclic) bond motifs is 5. The first-order chi connectivity index (χ1) is 26.4. The smallest absolute Gasteiger partial charge is 0.307 e. The number of oxazole rings is 1. The van der Waals surface area contributed by atoms with Crippen LogP contribution >= 0.6 is 0 Å². The molecule has 0 amide bonds. The van der Waals surface area contributed by atoms with Gasteiger partial charge in [-0.2, -0.15) is 4.98 Å². The summed E-state index contributed by atoms with van der Waals surface area (Å²) >= 11 is 0. The zero-order valence-electron chi connectivity index (χ0n) is 30.4. The minimum absolute atomic E-state index is 0.00845. The predicted octanol–water partition coefficient (Wildman–Crippen LogP) is 12.9. The van der Waals surface area contributed by atoms with Crippen molar-refractivity contribution in [2.24, 2.45) is 0 Å². The Morgan fingerprint density at radius 2 is 1.30 bits per heavy atom. The molecule has 54 heavy (non-hydrogen) atoms. The van der Waals surface area contributed by atoms with Gasteiger partial charge in [0.05, 0.1) is 28.1 Å². The molecule has 0 N–H and O–H groups in total. The molecule has 262 valence electrons. The van der Waals surface area contributed by atoms with E-state index in [0.29, 0.717) is 12.7 Å². The third-order valence-corrected chi connectivity index (χ3v) is 10.5. The van der Waals surface area contributed by atoms with Gasteiger partial charge < -0.3 is 19.0 Å². The van der Waals surface area contributed by atoms with Crippen LogP contribution in [-0.4, -0.2) is 16.2 Å². The van der Waals surface area contributed by atoms with Gasteiger partial charge in [-0.3, -0.25) is 4.57 Å². The van der Waals surface area contributed by atoms with Crippen molar-refractivity contribution in [1.29, 1.82) is 0 Å². The van der Waals surface area contributed by atoms with Gasteiger partial charge in [-0.1, -0.05) is 112 Å². The highest BCUT2D eigenvalue weighted by atomic mass is 16.5. The van der Waals surface area contributed by atoms with Gasteiger partial charge in [0.25, 0.3) is 0 Å². The van der Waals surface area contributed by atoms with Crippen LogP contribution in [0.15, 0.2) is 168 Å². The van der Waals surface area contributed by atoms with Crippen molar-refractivity contribution < 1.29 is 9.15 Å². The van der Waals surface area contributed by atoms with E-state index in [-0.39, 0.29) is 5.41 Å². The third-order valence-electron chi connectivity index (χ3n) is 10.5. The molecule has 7 aromatic carbocycles. The van der Waals surface area contributed by atoms with Crippen LogP contribution in [-0.2, 0) is 5.41 Å². The quantitative estimate of drug-likeness (QED) is 0.173. The molecule has 0 radical (unpaired) electrons. The maximum atomic E-state index is 6.66. The lowest BCUT2D eigenvalue weighted by atomic mass is 9.85. The highest BCUT2D eigenvalue weighted by Gasteiger charge is 2.30. The number of hydrogen-bond donors (Lipinski definition) is 0. The number of hydrogen-bond acceptors (Lipinski definition) is 5. The van der Waals surface area contributed by atoms with Gasteiger partial charge in [0, 0.05) is 34.2 Å². The van der Waals surface area contributed by atoms with Crippen molar-refractivity contribution in [3.8, 4) is 28.6 Å². The summed E-state index contributed by atoms with van der Waals surface area (Å²) in [5.41, 5.74) is 11.9. The maximum Gasteiger partial charge on any atom is 0.307 e. The number of para-hydroxylation sites is 5. The summed E-state index contributed by atoms with van der Waals surface area (Å²) in [6.07, 6.45) is 0. The lowest BCUT2D eigenvalue weighted by molar-refractivity contribution is 0.483. The molecule has 9 aromatic rings. The zero-order chi connectivity index (χ0) is 36.4. The molecule has 0 spiro atoms. The van der Waals surface area contributed by atoms with Crippen LogP contribution in [0.1, 0.15) is 26.3 Å². The minimum atomic E-state index is 0.00845. The first-order valence-electron chi connectivity index (χ1n) is 18.4. The van der Waals surface area contributed by atoms with Crippen molar-refractivity contribution in [3.63, 3.8) is 0 Å². The number of aromatic nitrogens is 2. The van der Waals surface area contributed by atoms with E-state index in [1.165, 1.54) is 28.1 Å². The lowest BCUT2D eigenvalue weighted by Crippen LogP contribution is -2.25. The van der Waals surface area contributed by atoms with Crippen LogP contribution in [0.2, 0.25) is 0 Å². The number of nitrogens with zero attached hydrogens (tertiary/aromatic N) is 4. The molecule has 2 aromatic heterocycles. The van der Waals surface area contributed by atoms with Crippen molar-refractivity contribution >= 4 is 55.7 Å². The van der Waals surface area contributed by atoms with E-state index in [9.17, 15) is 0 Å².